The highest BCUT2D eigenvalue weighted by Gasteiger charge is 2.35. The van der Waals surface area contributed by atoms with E-state index in [1.54, 1.807) is 28.8 Å². The monoisotopic (exact) mass is 396 g/mol. The Bertz CT molecular complexity index is 1010. The van der Waals surface area contributed by atoms with Crippen LogP contribution in [0.5, 0.6) is 0 Å². The molecule has 3 aromatic rings. The van der Waals surface area contributed by atoms with Crippen LogP contribution in [0.3, 0.4) is 0 Å². The van der Waals surface area contributed by atoms with Gasteiger partial charge in [0.1, 0.15) is 5.01 Å². The molecule has 0 radical (unpaired) electrons. The van der Waals surface area contributed by atoms with E-state index in [0.717, 1.165) is 25.5 Å². The number of rotatable bonds is 4. The Kier molecular flexibility index (Phi) is 4.40. The third kappa shape index (κ3) is 3.00. The van der Waals surface area contributed by atoms with E-state index in [-0.39, 0.29) is 18.4 Å². The number of imide groups is 1. The van der Waals surface area contributed by atoms with Crippen molar-refractivity contribution in [1.82, 2.24) is 29.6 Å². The number of hydrogen-bond acceptors (Lipinski definition) is 7. The summed E-state index contributed by atoms with van der Waals surface area (Å²) in [6, 6.07) is 6.92. The van der Waals surface area contributed by atoms with Gasteiger partial charge in [-0.15, -0.1) is 10.2 Å². The number of amides is 2. The maximum absolute atomic E-state index is 12.6. The molecule has 9 heteroatoms. The Labute approximate surface area is 165 Å². The minimum atomic E-state index is -0.267. The van der Waals surface area contributed by atoms with E-state index in [2.05, 4.69) is 20.2 Å². The highest BCUT2D eigenvalue weighted by molar-refractivity contribution is 7.16. The number of hydrogen-bond donors (Lipinski definition) is 0. The van der Waals surface area contributed by atoms with Crippen LogP contribution in [0.15, 0.2) is 24.3 Å². The summed E-state index contributed by atoms with van der Waals surface area (Å²) in [6.45, 7) is 3.02. The van der Waals surface area contributed by atoms with Gasteiger partial charge in [0.2, 0.25) is 4.96 Å². The SMILES string of the molecule is O=C1c2ccccc2C(=O)N1Cc1nn2c(CN3CCCCCC3)nnc2s1. The molecule has 2 amide bonds. The molecule has 2 aromatic heterocycles. The van der Waals surface area contributed by atoms with Crippen molar-refractivity contribution in [1.29, 1.82) is 0 Å². The van der Waals surface area contributed by atoms with Gasteiger partial charge in [-0.25, -0.2) is 0 Å². The molecule has 8 nitrogen and oxygen atoms in total. The van der Waals surface area contributed by atoms with Crippen LogP contribution in [-0.4, -0.2) is 54.5 Å². The Morgan fingerprint density at radius 3 is 2.25 bits per heavy atom. The van der Waals surface area contributed by atoms with Crippen LogP contribution in [0.2, 0.25) is 0 Å². The first kappa shape index (κ1) is 17.4. The molecule has 0 saturated carbocycles. The fraction of sp³-hybridized carbons (Fsp3) is 0.421. The molecule has 0 aliphatic carbocycles. The van der Waals surface area contributed by atoms with Crippen LogP contribution in [0.25, 0.3) is 4.96 Å². The molecular weight excluding hydrogens is 376 g/mol. The van der Waals surface area contributed by atoms with Crippen molar-refractivity contribution < 1.29 is 9.59 Å². The summed E-state index contributed by atoms with van der Waals surface area (Å²) in [5, 5.41) is 13.8. The summed E-state index contributed by atoms with van der Waals surface area (Å²) in [4.78, 5) is 29.5. The average molecular weight is 396 g/mol. The largest absolute Gasteiger partial charge is 0.296 e. The zero-order chi connectivity index (χ0) is 19.1. The van der Waals surface area contributed by atoms with E-state index in [0.29, 0.717) is 21.1 Å². The molecule has 5 rings (SSSR count). The van der Waals surface area contributed by atoms with Crippen LogP contribution in [0.4, 0.5) is 0 Å². The summed E-state index contributed by atoms with van der Waals surface area (Å²) in [5.41, 5.74) is 0.912. The number of fused-ring (bicyclic) bond motifs is 2. The molecule has 28 heavy (non-hydrogen) atoms. The molecule has 2 aliphatic heterocycles. The summed E-state index contributed by atoms with van der Waals surface area (Å²) in [5.74, 6) is 0.273. The lowest BCUT2D eigenvalue weighted by Crippen LogP contribution is -2.29. The molecule has 0 spiro atoms. The van der Waals surface area contributed by atoms with E-state index < -0.39 is 0 Å². The second-order valence-electron chi connectivity index (χ2n) is 7.24. The van der Waals surface area contributed by atoms with Gasteiger partial charge in [-0.2, -0.15) is 9.61 Å². The minimum Gasteiger partial charge on any atom is -0.296 e. The molecule has 0 unspecified atom stereocenters. The van der Waals surface area contributed by atoms with Gasteiger partial charge >= 0.3 is 0 Å². The van der Waals surface area contributed by atoms with Gasteiger partial charge in [0.05, 0.1) is 24.2 Å². The Morgan fingerprint density at radius 1 is 0.893 bits per heavy atom. The number of nitrogens with zero attached hydrogens (tertiary/aromatic N) is 6. The lowest BCUT2D eigenvalue weighted by Gasteiger charge is -2.17. The predicted octanol–water partition coefficient (Wildman–Crippen LogP) is 2.36. The Morgan fingerprint density at radius 2 is 1.57 bits per heavy atom. The predicted molar refractivity (Wildman–Crippen MR) is 103 cm³/mol. The molecule has 2 aliphatic rings. The lowest BCUT2D eigenvalue weighted by molar-refractivity contribution is 0.0642. The number of likely N-dealkylation sites (tertiary alicyclic amines) is 1. The average Bonchev–Trinajstić information content (AvgIpc) is 3.25. The van der Waals surface area contributed by atoms with Crippen molar-refractivity contribution in [3.8, 4) is 0 Å². The summed E-state index contributed by atoms with van der Waals surface area (Å²) < 4.78 is 1.75. The van der Waals surface area contributed by atoms with Crippen LogP contribution in [0.1, 0.15) is 57.2 Å². The van der Waals surface area contributed by atoms with Gasteiger partial charge in [-0.05, 0) is 38.1 Å². The summed E-state index contributed by atoms with van der Waals surface area (Å²) >= 11 is 1.37. The van der Waals surface area contributed by atoms with Gasteiger partial charge in [0.15, 0.2) is 5.82 Å². The quantitative estimate of drug-likeness (QED) is 0.630. The first-order valence-corrected chi connectivity index (χ1v) is 10.4. The third-order valence-corrected chi connectivity index (χ3v) is 6.22. The van der Waals surface area contributed by atoms with E-state index in [4.69, 9.17) is 0 Å². The maximum Gasteiger partial charge on any atom is 0.261 e. The van der Waals surface area contributed by atoms with Gasteiger partial charge in [0, 0.05) is 0 Å². The Balaban J connectivity index is 1.36. The standard InChI is InChI=1S/C19H20N6O2S/c26-17-13-7-3-4-8-14(13)18(27)24(17)12-16-22-25-15(20-21-19(25)28-16)11-23-9-5-1-2-6-10-23/h3-4,7-8H,1-2,5-6,9-12H2. The molecule has 0 bridgehead atoms. The van der Waals surface area contributed by atoms with Crippen LogP contribution in [-0.2, 0) is 13.1 Å². The molecule has 0 atom stereocenters. The van der Waals surface area contributed by atoms with E-state index in [1.165, 1.54) is 41.9 Å². The second-order valence-corrected chi connectivity index (χ2v) is 8.28. The fourth-order valence-electron chi connectivity index (χ4n) is 3.87. The molecule has 1 fully saturated rings. The number of carbonyl (C=O) groups excluding carboxylic acids is 2. The van der Waals surface area contributed by atoms with Crippen LogP contribution >= 0.6 is 11.3 Å². The highest BCUT2D eigenvalue weighted by Crippen LogP contribution is 2.26. The van der Waals surface area contributed by atoms with Crippen LogP contribution in [0, 0.1) is 0 Å². The van der Waals surface area contributed by atoms with Crippen molar-refractivity contribution >= 4 is 28.1 Å². The van der Waals surface area contributed by atoms with E-state index in [9.17, 15) is 9.59 Å². The van der Waals surface area contributed by atoms with Crippen molar-refractivity contribution in [2.45, 2.75) is 38.8 Å². The second kappa shape index (κ2) is 7.06. The van der Waals surface area contributed by atoms with Gasteiger partial charge in [0.25, 0.3) is 11.8 Å². The molecule has 1 saturated heterocycles. The molecule has 4 heterocycles. The first-order chi connectivity index (χ1) is 13.7. The van der Waals surface area contributed by atoms with Crippen molar-refractivity contribution in [3.05, 3.63) is 46.2 Å². The minimum absolute atomic E-state index is 0.156. The number of benzene rings is 1. The molecule has 1 aromatic carbocycles. The summed E-state index contributed by atoms with van der Waals surface area (Å²) in [7, 11) is 0. The van der Waals surface area contributed by atoms with Crippen LogP contribution < -0.4 is 0 Å². The van der Waals surface area contributed by atoms with Crippen molar-refractivity contribution in [2.75, 3.05) is 13.1 Å². The lowest BCUT2D eigenvalue weighted by atomic mass is 10.1. The maximum atomic E-state index is 12.6. The van der Waals surface area contributed by atoms with E-state index >= 15 is 0 Å². The summed E-state index contributed by atoms with van der Waals surface area (Å²) in [6.07, 6.45) is 4.99. The fourth-order valence-corrected chi connectivity index (χ4v) is 4.71. The normalized spacial score (nSPS) is 18.1. The zero-order valence-corrected chi connectivity index (χ0v) is 16.2. The number of aromatic nitrogens is 4. The van der Waals surface area contributed by atoms with Gasteiger partial charge in [-0.3, -0.25) is 19.4 Å². The zero-order valence-electron chi connectivity index (χ0n) is 15.4. The van der Waals surface area contributed by atoms with E-state index in [1.807, 2.05) is 0 Å². The third-order valence-electron chi connectivity index (χ3n) is 5.33. The van der Waals surface area contributed by atoms with Crippen molar-refractivity contribution in [3.63, 3.8) is 0 Å². The molecular formula is C19H20N6O2S. The highest BCUT2D eigenvalue weighted by atomic mass is 32.1. The molecule has 0 N–H and O–H groups in total. The van der Waals surface area contributed by atoms with Gasteiger partial charge < -0.3 is 0 Å². The van der Waals surface area contributed by atoms with Crippen molar-refractivity contribution in [2.24, 2.45) is 0 Å². The topological polar surface area (TPSA) is 83.7 Å². The van der Waals surface area contributed by atoms with Gasteiger partial charge in [-0.1, -0.05) is 36.3 Å². The molecule has 144 valence electrons. The smallest absolute Gasteiger partial charge is 0.261 e. The number of carbonyl (C=O) groups is 2. The first-order valence-electron chi connectivity index (χ1n) is 9.58. The Hall–Kier alpha value is -2.65.